The second-order valence-electron chi connectivity index (χ2n) is 6.57. The number of benzene rings is 2. The van der Waals surface area contributed by atoms with Gasteiger partial charge in [0.25, 0.3) is 0 Å². The molecule has 1 aromatic heterocycles. The van der Waals surface area contributed by atoms with Crippen LogP contribution in [0.2, 0.25) is 0 Å². The molecule has 0 aliphatic heterocycles. The third kappa shape index (κ3) is 4.28. The summed E-state index contributed by atoms with van der Waals surface area (Å²) < 4.78 is 7.24. The molecule has 1 atom stereocenters. The lowest BCUT2D eigenvalue weighted by Crippen LogP contribution is -2.32. The topological polar surface area (TPSA) is 73.2 Å². The van der Waals surface area contributed by atoms with Gasteiger partial charge < -0.3 is 14.6 Å². The highest BCUT2D eigenvalue weighted by Crippen LogP contribution is 2.23. The maximum absolute atomic E-state index is 12.9. The van der Waals surface area contributed by atoms with Crippen molar-refractivity contribution in [3.63, 3.8) is 0 Å². The Labute approximate surface area is 164 Å². The van der Waals surface area contributed by atoms with Crippen molar-refractivity contribution < 1.29 is 14.3 Å². The van der Waals surface area contributed by atoms with Crippen LogP contribution in [0, 0.1) is 0 Å². The van der Waals surface area contributed by atoms with Gasteiger partial charge in [0.15, 0.2) is 5.78 Å². The van der Waals surface area contributed by atoms with Crippen LogP contribution in [-0.2, 0) is 18.3 Å². The number of rotatable bonds is 7. The molecule has 3 rings (SSSR count). The summed E-state index contributed by atoms with van der Waals surface area (Å²) in [7, 11) is 3.44. The molecule has 1 N–H and O–H groups in total. The number of carbonyl (C=O) groups is 2. The molecule has 0 bridgehead atoms. The third-order valence-electron chi connectivity index (χ3n) is 4.59. The van der Waals surface area contributed by atoms with Crippen LogP contribution in [0.15, 0.2) is 60.9 Å². The molecule has 0 aliphatic carbocycles. The lowest BCUT2D eigenvalue weighted by atomic mass is 10.0. The van der Waals surface area contributed by atoms with E-state index in [9.17, 15) is 9.59 Å². The van der Waals surface area contributed by atoms with Crippen molar-refractivity contribution in [1.82, 2.24) is 14.9 Å². The first kappa shape index (κ1) is 19.4. The van der Waals surface area contributed by atoms with Gasteiger partial charge in [-0.2, -0.15) is 0 Å². The minimum Gasteiger partial charge on any atom is -0.496 e. The number of ether oxygens (including phenoxy) is 1. The Balaban J connectivity index is 1.86. The van der Waals surface area contributed by atoms with Crippen LogP contribution < -0.4 is 10.1 Å². The number of nitrogens with one attached hydrogen (secondary N) is 1. The predicted molar refractivity (Wildman–Crippen MR) is 106 cm³/mol. The van der Waals surface area contributed by atoms with Crippen LogP contribution in [0.5, 0.6) is 5.75 Å². The van der Waals surface area contributed by atoms with E-state index in [-0.39, 0.29) is 24.2 Å². The zero-order valence-electron chi connectivity index (χ0n) is 16.2. The van der Waals surface area contributed by atoms with Crippen molar-refractivity contribution in [1.29, 1.82) is 0 Å². The number of methoxy groups -OCH3 is 1. The molecule has 0 unspecified atom stereocenters. The highest BCUT2D eigenvalue weighted by Gasteiger charge is 2.21. The summed E-state index contributed by atoms with van der Waals surface area (Å²) >= 11 is 0. The second-order valence-corrected chi connectivity index (χ2v) is 6.57. The van der Waals surface area contributed by atoms with Gasteiger partial charge in [-0.3, -0.25) is 9.59 Å². The fourth-order valence-electron chi connectivity index (χ4n) is 3.12. The number of nitrogens with zero attached hydrogens (tertiary/aromatic N) is 2. The highest BCUT2D eigenvalue weighted by molar-refractivity contribution is 5.94. The number of aryl methyl sites for hydroxylation is 1. The van der Waals surface area contributed by atoms with Crippen LogP contribution in [0.25, 0.3) is 0 Å². The van der Waals surface area contributed by atoms with Crippen molar-refractivity contribution in [3.8, 4) is 5.75 Å². The fourth-order valence-corrected chi connectivity index (χ4v) is 3.12. The van der Waals surface area contributed by atoms with Gasteiger partial charge >= 0.3 is 0 Å². The summed E-state index contributed by atoms with van der Waals surface area (Å²) in [5, 5.41) is 3.06. The molecule has 28 heavy (non-hydrogen) atoms. The molecule has 1 amide bonds. The lowest BCUT2D eigenvalue weighted by molar-refractivity contribution is -0.121. The smallest absolute Gasteiger partial charge is 0.225 e. The second kappa shape index (κ2) is 8.52. The molecule has 0 radical (unpaired) electrons. The summed E-state index contributed by atoms with van der Waals surface area (Å²) in [6, 6.07) is 14.4. The van der Waals surface area contributed by atoms with Crippen molar-refractivity contribution in [3.05, 3.63) is 83.4 Å². The lowest BCUT2D eigenvalue weighted by Gasteiger charge is -2.19. The molecule has 6 heteroatoms. The van der Waals surface area contributed by atoms with Gasteiger partial charge in [-0.1, -0.05) is 30.3 Å². The Hall–Kier alpha value is -3.41. The summed E-state index contributed by atoms with van der Waals surface area (Å²) in [5.74, 6) is 1.08. The van der Waals surface area contributed by atoms with E-state index in [1.165, 1.54) is 6.92 Å². The first-order chi connectivity index (χ1) is 13.5. The zero-order chi connectivity index (χ0) is 20.1. The Morgan fingerprint density at radius 2 is 1.93 bits per heavy atom. The van der Waals surface area contributed by atoms with Gasteiger partial charge in [-0.05, 0) is 30.7 Å². The summed E-state index contributed by atoms with van der Waals surface area (Å²) in [4.78, 5) is 29.0. The molecule has 1 heterocycles. The Morgan fingerprint density at radius 3 is 2.54 bits per heavy atom. The van der Waals surface area contributed by atoms with Gasteiger partial charge in [0.05, 0.1) is 13.5 Å². The minimum atomic E-state index is -0.379. The zero-order valence-corrected chi connectivity index (χ0v) is 16.2. The van der Waals surface area contributed by atoms with Crippen molar-refractivity contribution in [2.45, 2.75) is 19.4 Å². The Bertz CT molecular complexity index is 980. The van der Waals surface area contributed by atoms with Crippen molar-refractivity contribution in [2.75, 3.05) is 7.11 Å². The van der Waals surface area contributed by atoms with E-state index in [0.29, 0.717) is 16.9 Å². The first-order valence-corrected chi connectivity index (χ1v) is 8.99. The number of Topliss-reactive ketones (excluding diaryl/α,β-unsaturated/α-hetero) is 1. The molecule has 6 nitrogen and oxygen atoms in total. The van der Waals surface area contributed by atoms with Gasteiger partial charge in [0, 0.05) is 30.6 Å². The van der Waals surface area contributed by atoms with Gasteiger partial charge in [-0.15, -0.1) is 0 Å². The van der Waals surface area contributed by atoms with Crippen LogP contribution in [0.1, 0.15) is 40.3 Å². The predicted octanol–water partition coefficient (Wildman–Crippen LogP) is 3.08. The molecular formula is C22H23N3O3. The van der Waals surface area contributed by atoms with E-state index < -0.39 is 0 Å². The van der Waals surface area contributed by atoms with Crippen molar-refractivity contribution >= 4 is 11.7 Å². The average molecular weight is 377 g/mol. The molecule has 0 saturated heterocycles. The number of amides is 1. The van der Waals surface area contributed by atoms with E-state index in [4.69, 9.17) is 4.74 Å². The third-order valence-corrected chi connectivity index (χ3v) is 4.59. The van der Waals surface area contributed by atoms with E-state index in [1.54, 1.807) is 31.5 Å². The van der Waals surface area contributed by atoms with Gasteiger partial charge in [0.1, 0.15) is 17.6 Å². The van der Waals surface area contributed by atoms with Crippen molar-refractivity contribution in [2.24, 2.45) is 7.05 Å². The normalized spacial score (nSPS) is 11.7. The largest absolute Gasteiger partial charge is 0.496 e. The minimum absolute atomic E-state index is 0.0560. The Morgan fingerprint density at radius 1 is 1.18 bits per heavy atom. The maximum atomic E-state index is 12.9. The monoisotopic (exact) mass is 377 g/mol. The average Bonchev–Trinajstić information content (AvgIpc) is 3.12. The van der Waals surface area contributed by atoms with Gasteiger partial charge in [-0.25, -0.2) is 4.98 Å². The number of carbonyl (C=O) groups excluding carboxylic acids is 2. The summed E-state index contributed by atoms with van der Waals surface area (Å²) in [6.07, 6.45) is 3.64. The van der Waals surface area contributed by atoms with Gasteiger partial charge in [0.2, 0.25) is 5.91 Å². The van der Waals surface area contributed by atoms with E-state index >= 15 is 0 Å². The molecule has 144 valence electrons. The SMILES string of the molecule is COc1ccc(C(C)=O)cc1CC(=O)N[C@@H](c1ccccc1)c1nccn1C. The van der Waals surface area contributed by atoms with Crippen LogP contribution in [0.3, 0.4) is 0 Å². The number of hydrogen-bond donors (Lipinski definition) is 1. The molecule has 0 saturated carbocycles. The highest BCUT2D eigenvalue weighted by atomic mass is 16.5. The van der Waals surface area contributed by atoms with E-state index in [2.05, 4.69) is 10.3 Å². The fraction of sp³-hybridized carbons (Fsp3) is 0.227. The van der Waals surface area contributed by atoms with Crippen LogP contribution in [0.4, 0.5) is 0 Å². The molecule has 2 aromatic carbocycles. The summed E-state index contributed by atoms with van der Waals surface area (Å²) in [6.45, 7) is 1.50. The Kier molecular flexibility index (Phi) is 5.89. The van der Waals surface area contributed by atoms with E-state index in [0.717, 1.165) is 11.4 Å². The molecule has 0 aliphatic rings. The quantitative estimate of drug-likeness (QED) is 0.642. The number of hydrogen-bond acceptors (Lipinski definition) is 4. The number of imidazole rings is 1. The van der Waals surface area contributed by atoms with Crippen LogP contribution in [-0.4, -0.2) is 28.4 Å². The molecule has 0 spiro atoms. The van der Waals surface area contributed by atoms with E-state index in [1.807, 2.05) is 48.1 Å². The number of aromatic nitrogens is 2. The maximum Gasteiger partial charge on any atom is 0.225 e. The standard InChI is InChI=1S/C22H23N3O3/c1-15(26)17-9-10-19(28-3)18(13-17)14-20(27)24-21(16-7-5-4-6-8-16)22-23-11-12-25(22)2/h4-13,21H,14H2,1-3H3,(H,24,27)/t21-/m0/s1. The van der Waals surface area contributed by atoms with Crippen LogP contribution >= 0.6 is 0 Å². The molecular weight excluding hydrogens is 354 g/mol. The number of ketones is 1. The first-order valence-electron chi connectivity index (χ1n) is 8.99. The molecule has 3 aromatic rings. The summed E-state index contributed by atoms with van der Waals surface area (Å²) in [5.41, 5.74) is 2.15. The molecule has 0 fully saturated rings.